The van der Waals surface area contributed by atoms with E-state index in [2.05, 4.69) is 4.98 Å². The molecule has 10 heteroatoms. The van der Waals surface area contributed by atoms with E-state index >= 15 is 0 Å². The van der Waals surface area contributed by atoms with Crippen LogP contribution in [0.15, 0.2) is 133 Å². The number of urea groups is 1. The van der Waals surface area contributed by atoms with Crippen LogP contribution in [0.4, 0.5) is 4.79 Å². The van der Waals surface area contributed by atoms with E-state index in [-0.39, 0.29) is 0 Å². The number of nitrogens with zero attached hydrogens (tertiary/aromatic N) is 3. The fourth-order valence-corrected chi connectivity index (χ4v) is 13.3. The van der Waals surface area contributed by atoms with Crippen molar-refractivity contribution in [2.75, 3.05) is 13.1 Å². The molecule has 1 fully saturated rings. The van der Waals surface area contributed by atoms with Gasteiger partial charge in [-0.1, -0.05) is 0 Å². The summed E-state index contributed by atoms with van der Waals surface area (Å²) in [6.07, 6.45) is 7.05. The monoisotopic (exact) mass is 599 g/mol. The molecule has 1 atom stereocenters. The molecule has 0 saturated carbocycles. The van der Waals surface area contributed by atoms with Gasteiger partial charge in [-0.05, 0) is 0 Å². The molecule has 2 bridgehead atoms. The number of hydroxylamine groups is 2. The van der Waals surface area contributed by atoms with Gasteiger partial charge in [0.2, 0.25) is 0 Å². The molecular weight excluding hydrogens is 569 g/mol. The van der Waals surface area contributed by atoms with Gasteiger partial charge >= 0.3 is 246 Å². The van der Waals surface area contributed by atoms with Crippen LogP contribution in [0.3, 0.4) is 0 Å². The number of amides is 2. The average Bonchev–Trinajstić information content (AvgIpc) is 3.24. The van der Waals surface area contributed by atoms with Crippen LogP contribution in [0, 0.1) is 0 Å². The summed E-state index contributed by atoms with van der Waals surface area (Å²) in [7, 11) is -4.86. The van der Waals surface area contributed by atoms with Crippen molar-refractivity contribution in [2.24, 2.45) is 0 Å². The number of hydrogen-bond acceptors (Lipinski definition) is 6. The fourth-order valence-electron chi connectivity index (χ4n) is 5.85. The molecule has 0 spiro atoms. The first kappa shape index (κ1) is 28.0. The van der Waals surface area contributed by atoms with E-state index in [1.807, 2.05) is 128 Å². The molecule has 3 heterocycles. The Kier molecular flexibility index (Phi) is 7.29. The van der Waals surface area contributed by atoms with Gasteiger partial charge in [0.25, 0.3) is 0 Å². The Balaban J connectivity index is 1.49. The number of carbonyl (C=O) groups excluding carboxylic acids is 1. The molecule has 1 saturated heterocycles. The number of fused-ring (bicyclic) bond motifs is 2. The van der Waals surface area contributed by atoms with E-state index in [0.29, 0.717) is 29.0 Å². The predicted octanol–water partition coefficient (Wildman–Crippen LogP) is 4.76. The third-order valence-corrected chi connectivity index (χ3v) is 14.8. The molecule has 3 aromatic carbocycles. The van der Waals surface area contributed by atoms with Crippen molar-refractivity contribution in [1.29, 1.82) is 0 Å². The van der Waals surface area contributed by atoms with Crippen molar-refractivity contribution in [2.45, 2.75) is 13.0 Å². The van der Waals surface area contributed by atoms with Crippen LogP contribution in [0.1, 0.15) is 12.5 Å². The maximum atomic E-state index is 14.2. The summed E-state index contributed by atoms with van der Waals surface area (Å²) in [5.74, 6) is 1.85. The Hall–Kier alpha value is -4.14. The molecule has 0 radical (unpaired) electrons. The number of benzene rings is 3. The fraction of sp³-hybridized carbons (Fsp3) is 0.125. The first-order valence-corrected chi connectivity index (χ1v) is 17.1. The Morgan fingerprint density at radius 1 is 0.857 bits per heavy atom. The summed E-state index contributed by atoms with van der Waals surface area (Å²) in [6, 6.07) is 30.5. The standard InChI is InChI=1S/C32H30N3O5PS/c1-2-21-41(29-14-6-3-7-15-29,30-16-8-4-9-17-30,31-18-10-5-11-19-31)40-42(37,38)39-35-28-22-27(24-34(25-28)32(35)36)26-13-12-20-33-23-26/h2-23,28H,24-25H2,1H3. The van der Waals surface area contributed by atoms with E-state index in [4.69, 9.17) is 8.25 Å². The Morgan fingerprint density at radius 2 is 1.43 bits per heavy atom. The van der Waals surface area contributed by atoms with Gasteiger partial charge in [0.15, 0.2) is 0 Å². The molecule has 8 nitrogen and oxygen atoms in total. The molecule has 1 aromatic heterocycles. The van der Waals surface area contributed by atoms with E-state index in [1.165, 1.54) is 0 Å². The van der Waals surface area contributed by atoms with Crippen molar-refractivity contribution in [3.63, 3.8) is 0 Å². The van der Waals surface area contributed by atoms with Crippen molar-refractivity contribution in [3.05, 3.63) is 139 Å². The molecule has 6 rings (SSSR count). The van der Waals surface area contributed by atoms with Crippen LogP contribution in [-0.4, -0.2) is 48.5 Å². The first-order valence-electron chi connectivity index (χ1n) is 13.5. The molecule has 214 valence electrons. The minimum atomic E-state index is -4.86. The number of rotatable bonds is 9. The van der Waals surface area contributed by atoms with Crippen LogP contribution in [-0.2, 0) is 18.7 Å². The van der Waals surface area contributed by atoms with Gasteiger partial charge in [-0.15, -0.1) is 0 Å². The summed E-state index contributed by atoms with van der Waals surface area (Å²) in [5.41, 5.74) is 1.72. The normalized spacial score (nSPS) is 18.1. The second-order valence-electron chi connectivity index (χ2n) is 10.1. The number of hydrogen-bond donors (Lipinski definition) is 0. The van der Waals surface area contributed by atoms with Gasteiger partial charge in [-0.3, -0.25) is 0 Å². The third-order valence-electron chi connectivity index (χ3n) is 7.61. The molecule has 2 aliphatic rings. The Morgan fingerprint density at radius 3 is 1.93 bits per heavy atom. The Labute approximate surface area is 245 Å². The number of allylic oxidation sites excluding steroid dienone is 1. The van der Waals surface area contributed by atoms with Gasteiger partial charge in [0, 0.05) is 0 Å². The quantitative estimate of drug-likeness (QED) is 0.258. The molecule has 0 N–H and O–H groups in total. The number of pyridine rings is 1. The van der Waals surface area contributed by atoms with Crippen LogP contribution < -0.4 is 15.9 Å². The molecule has 0 aliphatic carbocycles. The van der Waals surface area contributed by atoms with Crippen molar-refractivity contribution in [3.8, 4) is 0 Å². The van der Waals surface area contributed by atoms with Gasteiger partial charge in [0.05, 0.1) is 0 Å². The summed E-state index contributed by atoms with van der Waals surface area (Å²) in [4.78, 5) is 19.1. The molecule has 2 aliphatic heterocycles. The van der Waals surface area contributed by atoms with Gasteiger partial charge in [-0.2, -0.15) is 0 Å². The Bertz CT molecular complexity index is 1650. The van der Waals surface area contributed by atoms with Crippen molar-refractivity contribution in [1.82, 2.24) is 14.9 Å². The molecular formula is C32H30N3O5PS. The molecule has 42 heavy (non-hydrogen) atoms. The molecule has 1 unspecified atom stereocenters. The summed E-state index contributed by atoms with van der Waals surface area (Å²) >= 11 is 0. The van der Waals surface area contributed by atoms with E-state index in [1.54, 1.807) is 17.3 Å². The maximum absolute atomic E-state index is 14.2. The third kappa shape index (κ3) is 4.64. The predicted molar refractivity (Wildman–Crippen MR) is 166 cm³/mol. The SMILES string of the molecule is CC=CP(OS(=O)(=O)ON1C(=O)N2CC(c3cccnc3)=CC1C2)(c1ccccc1)(c1ccccc1)c1ccccc1. The van der Waals surface area contributed by atoms with E-state index in [9.17, 15) is 13.2 Å². The van der Waals surface area contributed by atoms with Crippen LogP contribution in [0.2, 0.25) is 0 Å². The molecule has 4 aromatic rings. The van der Waals surface area contributed by atoms with Gasteiger partial charge in [-0.25, -0.2) is 0 Å². The number of aromatic nitrogens is 1. The van der Waals surface area contributed by atoms with Crippen molar-refractivity contribution >= 4 is 44.7 Å². The summed E-state index contributed by atoms with van der Waals surface area (Å²) < 4.78 is 40.6. The van der Waals surface area contributed by atoms with E-state index in [0.717, 1.165) is 16.2 Å². The zero-order valence-electron chi connectivity index (χ0n) is 22.9. The van der Waals surface area contributed by atoms with Gasteiger partial charge in [0.1, 0.15) is 0 Å². The number of carbonyl (C=O) groups is 1. The zero-order chi connectivity index (χ0) is 29.2. The topological polar surface area (TPSA) is 89.0 Å². The second-order valence-corrected chi connectivity index (χ2v) is 15.8. The van der Waals surface area contributed by atoms with Gasteiger partial charge < -0.3 is 0 Å². The van der Waals surface area contributed by atoms with Crippen LogP contribution >= 0.6 is 6.83 Å². The second kappa shape index (κ2) is 10.9. The molecule has 2 amide bonds. The van der Waals surface area contributed by atoms with Crippen molar-refractivity contribution < 1.29 is 21.5 Å². The summed E-state index contributed by atoms with van der Waals surface area (Å²) in [6.45, 7) is -1.95. The van der Waals surface area contributed by atoms with E-state index < -0.39 is 29.3 Å². The zero-order valence-corrected chi connectivity index (χ0v) is 24.6. The van der Waals surface area contributed by atoms with Crippen LogP contribution in [0.25, 0.3) is 5.57 Å². The average molecular weight is 600 g/mol. The first-order chi connectivity index (χ1) is 20.4. The minimum absolute atomic E-state index is 0.298. The van der Waals surface area contributed by atoms with Crippen LogP contribution in [0.5, 0.6) is 0 Å². The summed E-state index contributed by atoms with van der Waals surface area (Å²) in [5, 5.41) is 2.90.